The molecule has 0 radical (unpaired) electrons. The highest BCUT2D eigenvalue weighted by Crippen LogP contribution is 2.54. The van der Waals surface area contributed by atoms with E-state index in [2.05, 4.69) is 4.74 Å². The van der Waals surface area contributed by atoms with Gasteiger partial charge in [0.05, 0.1) is 30.7 Å². The first-order valence-corrected chi connectivity index (χ1v) is 10.5. The molecule has 31 heavy (non-hydrogen) atoms. The maximum atomic E-state index is 13.3. The number of hydrogen-bond acceptors (Lipinski definition) is 10. The van der Waals surface area contributed by atoms with Crippen molar-refractivity contribution in [2.45, 2.75) is 61.5 Å². The molecule has 10 nitrogen and oxygen atoms in total. The van der Waals surface area contributed by atoms with Crippen molar-refractivity contribution in [3.05, 3.63) is 0 Å². The number of rotatable bonds is 9. The lowest BCUT2D eigenvalue weighted by molar-refractivity contribution is -0.177. The molecule has 0 saturated carbocycles. The van der Waals surface area contributed by atoms with Crippen LogP contribution in [-0.2, 0) is 38.7 Å². The predicted octanol–water partition coefficient (Wildman–Crippen LogP) is -0.212. The van der Waals surface area contributed by atoms with Crippen LogP contribution in [0.5, 0.6) is 0 Å². The van der Waals surface area contributed by atoms with Gasteiger partial charge in [0.15, 0.2) is 16.2 Å². The lowest BCUT2D eigenvalue weighted by atomic mass is 9.71. The summed E-state index contributed by atoms with van der Waals surface area (Å²) < 4.78 is 104. The first kappa shape index (κ1) is 24.1. The smallest absolute Gasteiger partial charge is 0.396 e. The average molecular weight is 479 g/mol. The monoisotopic (exact) mass is 479 g/mol. The van der Waals surface area contributed by atoms with Crippen LogP contribution in [-0.4, -0.2) is 84.4 Å². The van der Waals surface area contributed by atoms with Crippen molar-refractivity contribution >= 4 is 22.1 Å². The predicted molar refractivity (Wildman–Crippen MR) is 86.7 cm³/mol. The summed E-state index contributed by atoms with van der Waals surface area (Å²) in [4.78, 5) is 23.8. The van der Waals surface area contributed by atoms with E-state index in [1.54, 1.807) is 0 Å². The van der Waals surface area contributed by atoms with Gasteiger partial charge in [0, 0.05) is 5.92 Å². The van der Waals surface area contributed by atoms with E-state index in [-0.39, 0.29) is 0 Å². The highest BCUT2D eigenvalue weighted by Gasteiger charge is 2.71. The van der Waals surface area contributed by atoms with Crippen molar-refractivity contribution in [1.82, 2.24) is 0 Å². The SMILES string of the molecule is CC(C)(O)C1C2OC3C(OC(=O)C31)C2OCC(=O)OCCC(F)(F)C(F)(F)S(=O)(=O)[O-]. The van der Waals surface area contributed by atoms with Crippen LogP contribution in [0.1, 0.15) is 20.3 Å². The third kappa shape index (κ3) is 4.01. The molecule has 2 bridgehead atoms. The van der Waals surface area contributed by atoms with Gasteiger partial charge in [-0.25, -0.2) is 13.2 Å². The minimum absolute atomic E-state index is 0.588. The number of esters is 2. The average Bonchev–Trinajstić information content (AvgIpc) is 3.20. The molecule has 0 aromatic heterocycles. The van der Waals surface area contributed by atoms with Gasteiger partial charge in [0.25, 0.3) is 0 Å². The Hall–Kier alpha value is -1.55. The summed E-state index contributed by atoms with van der Waals surface area (Å²) in [6, 6.07) is 0. The number of alkyl halides is 4. The van der Waals surface area contributed by atoms with Crippen LogP contribution in [0.4, 0.5) is 17.6 Å². The van der Waals surface area contributed by atoms with Crippen molar-refractivity contribution in [3.63, 3.8) is 0 Å². The molecule has 1 N–H and O–H groups in total. The van der Waals surface area contributed by atoms with E-state index in [4.69, 9.17) is 14.2 Å². The molecule has 3 fully saturated rings. The molecule has 0 amide bonds. The Morgan fingerprint density at radius 2 is 1.81 bits per heavy atom. The summed E-state index contributed by atoms with van der Waals surface area (Å²) >= 11 is 0. The Balaban J connectivity index is 1.53. The molecule has 3 aliphatic rings. The Labute approximate surface area is 173 Å². The molecule has 15 heteroatoms. The van der Waals surface area contributed by atoms with Gasteiger partial charge in [-0.05, 0) is 13.8 Å². The van der Waals surface area contributed by atoms with Crippen molar-refractivity contribution < 1.29 is 64.2 Å². The topological polar surface area (TPSA) is 148 Å². The summed E-state index contributed by atoms with van der Waals surface area (Å²) in [5.41, 5.74) is -1.35. The highest BCUT2D eigenvalue weighted by atomic mass is 32.2. The van der Waals surface area contributed by atoms with E-state index in [1.807, 2.05) is 0 Å². The summed E-state index contributed by atoms with van der Waals surface area (Å²) in [6.07, 6.45) is -5.23. The lowest BCUT2D eigenvalue weighted by Gasteiger charge is -2.35. The summed E-state index contributed by atoms with van der Waals surface area (Å²) in [7, 11) is -6.64. The van der Waals surface area contributed by atoms with Gasteiger partial charge in [-0.3, -0.25) is 4.79 Å². The van der Waals surface area contributed by atoms with Gasteiger partial charge in [-0.15, -0.1) is 0 Å². The molecule has 6 atom stereocenters. The van der Waals surface area contributed by atoms with Crippen LogP contribution in [0.3, 0.4) is 0 Å². The van der Waals surface area contributed by atoms with Gasteiger partial charge in [0.2, 0.25) is 0 Å². The van der Waals surface area contributed by atoms with E-state index in [9.17, 15) is 45.2 Å². The molecule has 3 rings (SSSR count). The van der Waals surface area contributed by atoms with Gasteiger partial charge < -0.3 is 28.6 Å². The zero-order chi connectivity index (χ0) is 23.6. The molecule has 0 aromatic rings. The van der Waals surface area contributed by atoms with Gasteiger partial charge in [0.1, 0.15) is 18.8 Å². The van der Waals surface area contributed by atoms with E-state index >= 15 is 0 Å². The van der Waals surface area contributed by atoms with Crippen LogP contribution >= 0.6 is 0 Å². The number of halogens is 4. The second kappa shape index (κ2) is 7.50. The summed E-state index contributed by atoms with van der Waals surface area (Å²) in [6.45, 7) is 0.758. The van der Waals surface area contributed by atoms with Crippen molar-refractivity contribution in [2.24, 2.45) is 11.8 Å². The highest BCUT2D eigenvalue weighted by molar-refractivity contribution is 7.86. The van der Waals surface area contributed by atoms with Crippen LogP contribution in [0.15, 0.2) is 0 Å². The van der Waals surface area contributed by atoms with Crippen molar-refractivity contribution in [1.29, 1.82) is 0 Å². The van der Waals surface area contributed by atoms with Gasteiger partial charge in [-0.1, -0.05) is 0 Å². The van der Waals surface area contributed by atoms with E-state index in [0.717, 1.165) is 0 Å². The molecule has 178 valence electrons. The summed E-state index contributed by atoms with van der Waals surface area (Å²) in [5, 5.41) is 4.48. The van der Waals surface area contributed by atoms with Crippen LogP contribution in [0.2, 0.25) is 0 Å². The Bertz CT molecular complexity index is 855. The molecule has 3 heterocycles. The molecule has 6 unspecified atom stereocenters. The van der Waals surface area contributed by atoms with E-state index in [1.165, 1.54) is 13.8 Å². The normalized spacial score (nSPS) is 33.0. The zero-order valence-electron chi connectivity index (χ0n) is 16.1. The standard InChI is InChI=1S/C16H20F4O10S/c1-14(2,23)8-7-9-12(30-13(7)22)11(10(8)29-9)28-5-6(21)27-4-3-15(17,18)16(19,20)31(24,25)26/h7-12,23H,3-5H2,1-2H3,(H,24,25,26)/p-1. The number of ether oxygens (including phenoxy) is 4. The van der Waals surface area contributed by atoms with Crippen molar-refractivity contribution in [3.8, 4) is 0 Å². The number of hydrogen-bond donors (Lipinski definition) is 1. The lowest BCUT2D eigenvalue weighted by Crippen LogP contribution is -2.51. The third-order valence-corrected chi connectivity index (χ3v) is 6.46. The second-order valence-electron chi connectivity index (χ2n) is 8.09. The molecule has 3 aliphatic heterocycles. The molecule has 0 aromatic carbocycles. The van der Waals surface area contributed by atoms with Crippen LogP contribution < -0.4 is 0 Å². The Morgan fingerprint density at radius 3 is 2.35 bits per heavy atom. The maximum Gasteiger partial charge on any atom is 0.396 e. The number of carbonyl (C=O) groups excluding carboxylic acids is 2. The number of carbonyl (C=O) groups is 2. The summed E-state index contributed by atoms with van der Waals surface area (Å²) in [5.74, 6) is -8.51. The van der Waals surface area contributed by atoms with Crippen LogP contribution in [0.25, 0.3) is 0 Å². The minimum atomic E-state index is -6.64. The van der Waals surface area contributed by atoms with E-state index in [0.29, 0.717) is 0 Å². The molecular formula is C16H19F4O10S-. The number of aliphatic hydroxyl groups is 1. The number of fused-ring (bicyclic) bond motifs is 1. The Morgan fingerprint density at radius 1 is 1.19 bits per heavy atom. The van der Waals surface area contributed by atoms with Gasteiger partial charge >= 0.3 is 23.1 Å². The molecular weight excluding hydrogens is 460 g/mol. The Kier molecular flexibility index (Phi) is 5.83. The largest absolute Gasteiger partial charge is 0.743 e. The van der Waals surface area contributed by atoms with Crippen LogP contribution in [0, 0.1) is 11.8 Å². The zero-order valence-corrected chi connectivity index (χ0v) is 16.9. The third-order valence-electron chi connectivity index (χ3n) is 5.53. The molecule has 0 spiro atoms. The molecule has 0 aliphatic carbocycles. The van der Waals surface area contributed by atoms with E-state index < -0.39 is 94.7 Å². The maximum absolute atomic E-state index is 13.3. The minimum Gasteiger partial charge on any atom is -0.743 e. The fraction of sp³-hybridized carbons (Fsp3) is 0.875. The fourth-order valence-corrected chi connectivity index (χ4v) is 4.65. The quantitative estimate of drug-likeness (QED) is 0.267. The second-order valence-corrected chi connectivity index (χ2v) is 9.51. The first-order chi connectivity index (χ1) is 14.0. The van der Waals surface area contributed by atoms with Gasteiger partial charge in [-0.2, -0.15) is 17.6 Å². The molecule has 3 saturated heterocycles. The first-order valence-electron chi connectivity index (χ1n) is 9.05. The fourth-order valence-electron chi connectivity index (χ4n) is 4.18. The van der Waals surface area contributed by atoms with Crippen molar-refractivity contribution in [2.75, 3.05) is 13.2 Å².